The van der Waals surface area contributed by atoms with E-state index in [1.54, 1.807) is 11.3 Å². The Kier molecular flexibility index (Phi) is 8.98. The van der Waals surface area contributed by atoms with Crippen molar-refractivity contribution in [2.45, 2.75) is 65.2 Å². The lowest BCUT2D eigenvalue weighted by atomic mass is 10.0. The summed E-state index contributed by atoms with van der Waals surface area (Å²) in [7, 11) is 0. The maximum Gasteiger partial charge on any atom is 0.128 e. The number of hydrogen-bond acceptors (Lipinski definition) is 4. The van der Waals surface area contributed by atoms with Crippen molar-refractivity contribution in [3.8, 4) is 17.0 Å². The first kappa shape index (κ1) is 19.9. The highest BCUT2D eigenvalue weighted by atomic mass is 32.1. The number of nitrogens with zero attached hydrogens (tertiary/aromatic N) is 1. The molecule has 0 atom stereocenters. The molecule has 0 amide bonds. The van der Waals surface area contributed by atoms with Crippen molar-refractivity contribution in [3.05, 3.63) is 34.2 Å². The minimum atomic E-state index is 0.642. The third-order valence-electron chi connectivity index (χ3n) is 4.35. The van der Waals surface area contributed by atoms with Gasteiger partial charge in [0.1, 0.15) is 5.75 Å². The van der Waals surface area contributed by atoms with Gasteiger partial charge in [-0.05, 0) is 44.0 Å². The minimum absolute atomic E-state index is 0.642. The predicted octanol–water partition coefficient (Wildman–Crippen LogP) is 5.61. The van der Waals surface area contributed by atoms with Gasteiger partial charge in [0.05, 0.1) is 17.3 Å². The fourth-order valence-electron chi connectivity index (χ4n) is 3.00. The molecule has 3 nitrogen and oxygen atoms in total. The van der Waals surface area contributed by atoms with Gasteiger partial charge >= 0.3 is 0 Å². The van der Waals surface area contributed by atoms with Gasteiger partial charge < -0.3 is 10.5 Å². The van der Waals surface area contributed by atoms with Gasteiger partial charge in [-0.15, -0.1) is 11.3 Å². The van der Waals surface area contributed by atoms with Crippen molar-refractivity contribution in [2.24, 2.45) is 5.73 Å². The van der Waals surface area contributed by atoms with E-state index in [0.717, 1.165) is 34.9 Å². The summed E-state index contributed by atoms with van der Waals surface area (Å²) in [4.78, 5) is 4.74. The van der Waals surface area contributed by atoms with Crippen LogP contribution in [0.25, 0.3) is 11.3 Å². The molecule has 2 N–H and O–H groups in total. The SMILES string of the molecule is CCCCCCCCc1ccc(OCC)c(-c2csc(CCN)n2)c1. The Morgan fingerprint density at radius 2 is 1.84 bits per heavy atom. The Hall–Kier alpha value is -1.39. The van der Waals surface area contributed by atoms with Crippen LogP contribution in [0, 0.1) is 0 Å². The molecular formula is C21H32N2OS. The normalized spacial score (nSPS) is 11.0. The Morgan fingerprint density at radius 3 is 2.60 bits per heavy atom. The molecule has 2 aromatic rings. The first-order valence-corrected chi connectivity index (χ1v) is 10.6. The van der Waals surface area contributed by atoms with Crippen LogP contribution in [0.5, 0.6) is 5.75 Å². The Bertz CT molecular complexity index is 624. The summed E-state index contributed by atoms with van der Waals surface area (Å²) in [5.74, 6) is 0.929. The highest BCUT2D eigenvalue weighted by molar-refractivity contribution is 7.09. The molecule has 0 spiro atoms. The summed E-state index contributed by atoms with van der Waals surface area (Å²) in [6.45, 7) is 5.60. The van der Waals surface area contributed by atoms with Gasteiger partial charge in [-0.3, -0.25) is 0 Å². The van der Waals surface area contributed by atoms with Crippen molar-refractivity contribution in [1.29, 1.82) is 0 Å². The fourth-order valence-corrected chi connectivity index (χ4v) is 3.81. The largest absolute Gasteiger partial charge is 0.493 e. The van der Waals surface area contributed by atoms with Gasteiger partial charge in [0.15, 0.2) is 0 Å². The number of unbranched alkanes of at least 4 members (excludes halogenated alkanes) is 5. The van der Waals surface area contributed by atoms with Crippen molar-refractivity contribution in [1.82, 2.24) is 4.98 Å². The van der Waals surface area contributed by atoms with Gasteiger partial charge in [0.25, 0.3) is 0 Å². The molecule has 0 aliphatic rings. The van der Waals surface area contributed by atoms with Crippen LogP contribution in [0.2, 0.25) is 0 Å². The van der Waals surface area contributed by atoms with Crippen molar-refractivity contribution >= 4 is 11.3 Å². The van der Waals surface area contributed by atoms with Crippen molar-refractivity contribution in [3.63, 3.8) is 0 Å². The number of aryl methyl sites for hydroxylation is 1. The van der Waals surface area contributed by atoms with Gasteiger partial charge in [-0.2, -0.15) is 0 Å². The molecule has 0 aliphatic carbocycles. The summed E-state index contributed by atoms with van der Waals surface area (Å²) in [6, 6.07) is 6.57. The molecule has 1 aromatic heterocycles. The zero-order valence-electron chi connectivity index (χ0n) is 15.7. The van der Waals surface area contributed by atoms with Gasteiger partial charge in [-0.25, -0.2) is 4.98 Å². The number of aromatic nitrogens is 1. The number of benzene rings is 1. The molecule has 0 saturated carbocycles. The highest BCUT2D eigenvalue weighted by Crippen LogP contribution is 2.32. The summed E-state index contributed by atoms with van der Waals surface area (Å²) in [6.07, 6.45) is 9.94. The maximum atomic E-state index is 5.83. The van der Waals surface area contributed by atoms with Crippen LogP contribution in [-0.4, -0.2) is 18.1 Å². The average molecular weight is 361 g/mol. The molecule has 0 radical (unpaired) electrons. The van der Waals surface area contributed by atoms with Gasteiger partial charge in [-0.1, -0.05) is 45.1 Å². The first-order chi connectivity index (χ1) is 12.3. The smallest absolute Gasteiger partial charge is 0.128 e. The lowest BCUT2D eigenvalue weighted by molar-refractivity contribution is 0.341. The van der Waals surface area contributed by atoms with E-state index < -0.39 is 0 Å². The lowest BCUT2D eigenvalue weighted by Crippen LogP contribution is -2.02. The van der Waals surface area contributed by atoms with E-state index in [0.29, 0.717) is 13.2 Å². The van der Waals surface area contributed by atoms with E-state index >= 15 is 0 Å². The molecule has 0 fully saturated rings. The number of hydrogen-bond donors (Lipinski definition) is 1. The Morgan fingerprint density at radius 1 is 1.04 bits per heavy atom. The van der Waals surface area contributed by atoms with E-state index in [1.165, 1.54) is 44.1 Å². The van der Waals surface area contributed by atoms with Crippen LogP contribution in [0.1, 0.15) is 62.9 Å². The zero-order valence-corrected chi connectivity index (χ0v) is 16.5. The second-order valence-electron chi connectivity index (χ2n) is 6.45. The number of thiazole rings is 1. The highest BCUT2D eigenvalue weighted by Gasteiger charge is 2.11. The third kappa shape index (κ3) is 6.44. The van der Waals surface area contributed by atoms with Gasteiger partial charge in [0, 0.05) is 17.4 Å². The van der Waals surface area contributed by atoms with Crippen LogP contribution in [0.4, 0.5) is 0 Å². The molecule has 1 heterocycles. The molecule has 1 aromatic carbocycles. The minimum Gasteiger partial charge on any atom is -0.493 e. The molecular weight excluding hydrogens is 328 g/mol. The van der Waals surface area contributed by atoms with Crippen molar-refractivity contribution in [2.75, 3.05) is 13.2 Å². The lowest BCUT2D eigenvalue weighted by Gasteiger charge is -2.11. The zero-order chi connectivity index (χ0) is 17.9. The summed E-state index contributed by atoms with van der Waals surface area (Å²) < 4.78 is 5.83. The quantitative estimate of drug-likeness (QED) is 0.500. The van der Waals surface area contributed by atoms with Crippen molar-refractivity contribution < 1.29 is 4.74 Å². The second-order valence-corrected chi connectivity index (χ2v) is 7.39. The van der Waals surface area contributed by atoms with Crippen LogP contribution in [-0.2, 0) is 12.8 Å². The number of rotatable bonds is 12. The topological polar surface area (TPSA) is 48.1 Å². The van der Waals surface area contributed by atoms with Crippen LogP contribution in [0.15, 0.2) is 23.6 Å². The van der Waals surface area contributed by atoms with E-state index in [1.807, 2.05) is 6.92 Å². The molecule has 25 heavy (non-hydrogen) atoms. The second kappa shape index (κ2) is 11.3. The Balaban J connectivity index is 2.04. The maximum absolute atomic E-state index is 5.83. The molecule has 0 bridgehead atoms. The molecule has 2 rings (SSSR count). The molecule has 0 unspecified atom stereocenters. The predicted molar refractivity (Wildman–Crippen MR) is 109 cm³/mol. The Labute approximate surface area is 156 Å². The molecule has 0 aliphatic heterocycles. The van der Waals surface area contributed by atoms with Crippen LogP contribution >= 0.6 is 11.3 Å². The van der Waals surface area contributed by atoms with E-state index in [-0.39, 0.29) is 0 Å². The molecule has 0 saturated heterocycles. The average Bonchev–Trinajstić information content (AvgIpc) is 3.08. The van der Waals surface area contributed by atoms with E-state index in [9.17, 15) is 0 Å². The third-order valence-corrected chi connectivity index (χ3v) is 5.26. The summed E-state index contributed by atoms with van der Waals surface area (Å²) >= 11 is 1.68. The molecule has 4 heteroatoms. The fraction of sp³-hybridized carbons (Fsp3) is 0.571. The van der Waals surface area contributed by atoms with Crippen LogP contribution < -0.4 is 10.5 Å². The molecule has 138 valence electrons. The van der Waals surface area contributed by atoms with E-state index in [4.69, 9.17) is 15.5 Å². The monoisotopic (exact) mass is 360 g/mol. The number of nitrogens with two attached hydrogens (primary N) is 1. The van der Waals surface area contributed by atoms with E-state index in [2.05, 4.69) is 30.5 Å². The summed E-state index contributed by atoms with van der Waals surface area (Å²) in [5.41, 5.74) is 9.16. The summed E-state index contributed by atoms with van der Waals surface area (Å²) in [5, 5.41) is 3.22. The number of ether oxygens (including phenoxy) is 1. The standard InChI is InChI=1S/C21H32N2OS/c1-3-5-6-7-8-9-10-17-11-12-20(24-4-2)18(15-17)19-16-25-21(23-19)13-14-22/h11-12,15-16H,3-10,13-14,22H2,1-2H3. The van der Waals surface area contributed by atoms with Crippen LogP contribution in [0.3, 0.4) is 0 Å². The first-order valence-electron chi connectivity index (χ1n) is 9.69. The van der Waals surface area contributed by atoms with Gasteiger partial charge in [0.2, 0.25) is 0 Å².